The SMILES string of the molecule is C=CCOC1CCN(CCCn2cc(C(C)=O)c3ccccc32)CC1. The summed E-state index contributed by atoms with van der Waals surface area (Å²) in [5.41, 5.74) is 1.99. The first-order valence-corrected chi connectivity index (χ1v) is 9.22. The molecule has 0 unspecified atom stereocenters. The van der Waals surface area contributed by atoms with Gasteiger partial charge in [0.05, 0.1) is 12.7 Å². The van der Waals surface area contributed by atoms with Crippen LogP contribution < -0.4 is 0 Å². The molecule has 1 aromatic carbocycles. The fraction of sp³-hybridized carbons (Fsp3) is 0.476. The summed E-state index contributed by atoms with van der Waals surface area (Å²) in [6, 6.07) is 8.18. The van der Waals surface area contributed by atoms with Gasteiger partial charge in [0.25, 0.3) is 0 Å². The summed E-state index contributed by atoms with van der Waals surface area (Å²) >= 11 is 0. The molecular formula is C21H28N2O2. The van der Waals surface area contributed by atoms with E-state index in [-0.39, 0.29) is 5.78 Å². The Hall–Kier alpha value is -1.91. The van der Waals surface area contributed by atoms with Gasteiger partial charge in [0.15, 0.2) is 5.78 Å². The Balaban J connectivity index is 1.52. The molecule has 0 bridgehead atoms. The molecule has 2 heterocycles. The van der Waals surface area contributed by atoms with Crippen molar-refractivity contribution < 1.29 is 9.53 Å². The van der Waals surface area contributed by atoms with Crippen LogP contribution in [0.3, 0.4) is 0 Å². The molecule has 0 N–H and O–H groups in total. The number of Topliss-reactive ketones (excluding diaryl/α,β-unsaturated/α-hetero) is 1. The second-order valence-electron chi connectivity index (χ2n) is 6.83. The third-order valence-corrected chi connectivity index (χ3v) is 5.03. The molecule has 1 aliphatic rings. The zero-order chi connectivity index (χ0) is 17.6. The lowest BCUT2D eigenvalue weighted by Gasteiger charge is -2.31. The van der Waals surface area contributed by atoms with Crippen molar-refractivity contribution in [2.45, 2.75) is 38.8 Å². The van der Waals surface area contributed by atoms with Crippen molar-refractivity contribution >= 4 is 16.7 Å². The van der Waals surface area contributed by atoms with Crippen LogP contribution in [0.5, 0.6) is 0 Å². The number of carbonyl (C=O) groups is 1. The van der Waals surface area contributed by atoms with Gasteiger partial charge in [-0.2, -0.15) is 0 Å². The number of piperidine rings is 1. The van der Waals surface area contributed by atoms with Crippen LogP contribution in [0.25, 0.3) is 10.9 Å². The molecule has 25 heavy (non-hydrogen) atoms. The molecule has 0 aliphatic carbocycles. The van der Waals surface area contributed by atoms with E-state index in [9.17, 15) is 4.79 Å². The van der Waals surface area contributed by atoms with E-state index in [4.69, 9.17) is 4.74 Å². The lowest BCUT2D eigenvalue weighted by atomic mass is 10.1. The number of benzene rings is 1. The Morgan fingerprint density at radius 2 is 2.04 bits per heavy atom. The van der Waals surface area contributed by atoms with Crippen molar-refractivity contribution in [2.75, 3.05) is 26.2 Å². The molecule has 3 rings (SSSR count). The van der Waals surface area contributed by atoms with Crippen LogP contribution in [0, 0.1) is 0 Å². The van der Waals surface area contributed by atoms with Crippen molar-refractivity contribution in [3.05, 3.63) is 48.7 Å². The summed E-state index contributed by atoms with van der Waals surface area (Å²) in [6.45, 7) is 10.3. The number of likely N-dealkylation sites (tertiary alicyclic amines) is 1. The van der Waals surface area contributed by atoms with Gasteiger partial charge in [-0.1, -0.05) is 24.3 Å². The first-order valence-electron chi connectivity index (χ1n) is 9.22. The van der Waals surface area contributed by atoms with Gasteiger partial charge in [-0.05, 0) is 38.8 Å². The molecule has 0 amide bonds. The van der Waals surface area contributed by atoms with Crippen LogP contribution in [-0.4, -0.2) is 47.6 Å². The number of aromatic nitrogens is 1. The average Bonchev–Trinajstić information content (AvgIpc) is 3.00. The number of para-hydroxylation sites is 1. The number of fused-ring (bicyclic) bond motifs is 1. The number of hydrogen-bond acceptors (Lipinski definition) is 3. The van der Waals surface area contributed by atoms with Crippen LogP contribution >= 0.6 is 0 Å². The molecule has 1 aromatic heterocycles. The smallest absolute Gasteiger partial charge is 0.161 e. The van der Waals surface area contributed by atoms with E-state index >= 15 is 0 Å². The Bertz CT molecular complexity index is 727. The Labute approximate surface area is 150 Å². The second-order valence-corrected chi connectivity index (χ2v) is 6.83. The predicted molar refractivity (Wildman–Crippen MR) is 102 cm³/mol. The number of ketones is 1. The predicted octanol–water partition coefficient (Wildman–Crippen LogP) is 3.90. The van der Waals surface area contributed by atoms with Gasteiger partial charge in [-0.15, -0.1) is 6.58 Å². The largest absolute Gasteiger partial charge is 0.374 e. The van der Waals surface area contributed by atoms with Crippen molar-refractivity contribution in [3.63, 3.8) is 0 Å². The van der Waals surface area contributed by atoms with Crippen LogP contribution in [0.2, 0.25) is 0 Å². The second kappa shape index (κ2) is 8.45. The maximum absolute atomic E-state index is 11.9. The first kappa shape index (κ1) is 17.9. The molecule has 0 spiro atoms. The third kappa shape index (κ3) is 4.39. The number of rotatable bonds is 8. The summed E-state index contributed by atoms with van der Waals surface area (Å²) in [5, 5.41) is 1.06. The quantitative estimate of drug-likeness (QED) is 0.540. The van der Waals surface area contributed by atoms with Crippen LogP contribution in [0.15, 0.2) is 43.1 Å². The van der Waals surface area contributed by atoms with Gasteiger partial charge in [0, 0.05) is 42.3 Å². The van der Waals surface area contributed by atoms with E-state index < -0.39 is 0 Å². The summed E-state index contributed by atoms with van der Waals surface area (Å²) in [5.74, 6) is 0.136. The number of ether oxygens (including phenoxy) is 1. The highest BCUT2D eigenvalue weighted by atomic mass is 16.5. The van der Waals surface area contributed by atoms with Gasteiger partial charge in [0.1, 0.15) is 0 Å². The molecule has 4 heteroatoms. The van der Waals surface area contributed by atoms with Crippen LogP contribution in [0.1, 0.15) is 36.5 Å². The van der Waals surface area contributed by atoms with E-state index in [1.54, 1.807) is 6.92 Å². The van der Waals surface area contributed by atoms with E-state index in [1.807, 2.05) is 30.5 Å². The topological polar surface area (TPSA) is 34.5 Å². The molecule has 1 fully saturated rings. The standard InChI is InChI=1S/C21H28N2O2/c1-3-15-25-18-9-13-22(14-10-18)11-6-12-23-16-20(17(2)24)19-7-4-5-8-21(19)23/h3-5,7-8,16,18H,1,6,9-15H2,2H3. The zero-order valence-corrected chi connectivity index (χ0v) is 15.1. The van der Waals surface area contributed by atoms with Crippen molar-refractivity contribution in [3.8, 4) is 0 Å². The maximum Gasteiger partial charge on any atom is 0.161 e. The number of hydrogen-bond donors (Lipinski definition) is 0. The van der Waals surface area contributed by atoms with Gasteiger partial charge in [0.2, 0.25) is 0 Å². The van der Waals surface area contributed by atoms with Crippen molar-refractivity contribution in [1.82, 2.24) is 9.47 Å². The molecule has 1 aliphatic heterocycles. The third-order valence-electron chi connectivity index (χ3n) is 5.03. The van der Waals surface area contributed by atoms with Crippen molar-refractivity contribution in [2.24, 2.45) is 0 Å². The van der Waals surface area contributed by atoms with Crippen molar-refractivity contribution in [1.29, 1.82) is 0 Å². The highest BCUT2D eigenvalue weighted by Crippen LogP contribution is 2.22. The molecule has 0 radical (unpaired) electrons. The molecule has 1 saturated heterocycles. The minimum atomic E-state index is 0.136. The molecule has 0 saturated carbocycles. The molecule has 0 atom stereocenters. The van der Waals surface area contributed by atoms with Gasteiger partial charge < -0.3 is 14.2 Å². The van der Waals surface area contributed by atoms with E-state index in [0.29, 0.717) is 12.7 Å². The van der Waals surface area contributed by atoms with E-state index in [1.165, 1.54) is 0 Å². The molecule has 4 nitrogen and oxygen atoms in total. The van der Waals surface area contributed by atoms with E-state index in [0.717, 1.165) is 61.9 Å². The summed E-state index contributed by atoms with van der Waals surface area (Å²) in [7, 11) is 0. The molecule has 2 aromatic rings. The Morgan fingerprint density at radius 3 is 2.76 bits per heavy atom. The number of aryl methyl sites for hydroxylation is 1. The average molecular weight is 340 g/mol. The summed E-state index contributed by atoms with van der Waals surface area (Å²) < 4.78 is 7.97. The van der Waals surface area contributed by atoms with E-state index in [2.05, 4.69) is 22.1 Å². The van der Waals surface area contributed by atoms with Gasteiger partial charge in [-0.3, -0.25) is 4.79 Å². The van der Waals surface area contributed by atoms with Crippen LogP contribution in [0.4, 0.5) is 0 Å². The summed E-state index contributed by atoms with van der Waals surface area (Å²) in [4.78, 5) is 14.4. The highest BCUT2D eigenvalue weighted by Gasteiger charge is 2.19. The monoisotopic (exact) mass is 340 g/mol. The Morgan fingerprint density at radius 1 is 1.28 bits per heavy atom. The fourth-order valence-corrected chi connectivity index (χ4v) is 3.68. The summed E-state index contributed by atoms with van der Waals surface area (Å²) in [6.07, 6.45) is 7.53. The first-order chi connectivity index (χ1) is 12.2. The van der Waals surface area contributed by atoms with Gasteiger partial charge >= 0.3 is 0 Å². The number of carbonyl (C=O) groups excluding carboxylic acids is 1. The molecule has 134 valence electrons. The minimum Gasteiger partial charge on any atom is -0.374 e. The zero-order valence-electron chi connectivity index (χ0n) is 15.1. The minimum absolute atomic E-state index is 0.136. The highest BCUT2D eigenvalue weighted by molar-refractivity contribution is 6.06. The maximum atomic E-state index is 11.9. The lowest BCUT2D eigenvalue weighted by Crippen LogP contribution is -2.37. The van der Waals surface area contributed by atoms with Crippen LogP contribution in [-0.2, 0) is 11.3 Å². The van der Waals surface area contributed by atoms with Gasteiger partial charge in [-0.25, -0.2) is 0 Å². The fourth-order valence-electron chi connectivity index (χ4n) is 3.68. The normalized spacial score (nSPS) is 16.4. The molecular weight excluding hydrogens is 312 g/mol. The Kier molecular flexibility index (Phi) is 6.05. The number of nitrogens with zero attached hydrogens (tertiary/aromatic N) is 2. The lowest BCUT2D eigenvalue weighted by molar-refractivity contribution is 0.0217.